The van der Waals surface area contributed by atoms with Crippen LogP contribution in [0, 0.1) is 0 Å². The molecular weight excluding hydrogens is 350 g/mol. The molecule has 2 rings (SSSR count). The molecule has 0 fully saturated rings. The molecule has 9 heteroatoms. The second-order valence-corrected chi connectivity index (χ2v) is 6.26. The van der Waals surface area contributed by atoms with Crippen molar-refractivity contribution in [1.29, 1.82) is 0 Å². The van der Waals surface area contributed by atoms with Crippen LogP contribution in [0.5, 0.6) is 11.5 Å². The number of nitrogens with zero attached hydrogens (tertiary/aromatic N) is 4. The monoisotopic (exact) mass is 375 g/mol. The van der Waals surface area contributed by atoms with Crippen LogP contribution < -0.4 is 26.5 Å². The summed E-state index contributed by atoms with van der Waals surface area (Å²) in [7, 11) is 8.35. The van der Waals surface area contributed by atoms with Gasteiger partial charge in [-0.05, 0) is 37.9 Å². The number of benzene rings is 1. The third kappa shape index (κ3) is 4.56. The van der Waals surface area contributed by atoms with E-state index < -0.39 is 11.2 Å². The molecule has 0 atom stereocenters. The Kier molecular flexibility index (Phi) is 6.40. The van der Waals surface area contributed by atoms with E-state index in [-0.39, 0.29) is 11.5 Å². The van der Waals surface area contributed by atoms with Gasteiger partial charge < -0.3 is 20.1 Å². The van der Waals surface area contributed by atoms with Gasteiger partial charge in [0, 0.05) is 26.9 Å². The highest BCUT2D eigenvalue weighted by Gasteiger charge is 2.12. The van der Waals surface area contributed by atoms with E-state index >= 15 is 0 Å². The maximum absolute atomic E-state index is 12.3. The normalized spacial score (nSPS) is 11.3. The standard InChI is InChI=1S/C18H25N5O4/c1-21(2)8-9-27-14-10-12(6-7-13(14)26-5)11-20-15-16(19)22(3)18(25)23(4)17(15)24/h6-7,10-11H,8-9,19H2,1-5H3. The molecule has 146 valence electrons. The summed E-state index contributed by atoms with van der Waals surface area (Å²) in [6, 6.07) is 5.30. The molecule has 0 bridgehead atoms. The number of likely N-dealkylation sites (N-methyl/N-ethyl adjacent to an activating group) is 1. The van der Waals surface area contributed by atoms with Gasteiger partial charge in [-0.15, -0.1) is 0 Å². The fourth-order valence-corrected chi connectivity index (χ4v) is 2.33. The molecule has 2 N–H and O–H groups in total. The van der Waals surface area contributed by atoms with Crippen molar-refractivity contribution >= 4 is 17.7 Å². The summed E-state index contributed by atoms with van der Waals surface area (Å²) < 4.78 is 13.2. The Hall–Kier alpha value is -3.07. The van der Waals surface area contributed by atoms with E-state index in [9.17, 15) is 9.59 Å². The van der Waals surface area contributed by atoms with Gasteiger partial charge >= 0.3 is 5.69 Å². The van der Waals surface area contributed by atoms with Gasteiger partial charge in [0.2, 0.25) is 0 Å². The number of nitrogen functional groups attached to an aromatic ring is 1. The summed E-state index contributed by atoms with van der Waals surface area (Å²) in [5.74, 6) is 1.18. The van der Waals surface area contributed by atoms with Crippen molar-refractivity contribution < 1.29 is 9.47 Å². The Morgan fingerprint density at radius 3 is 2.52 bits per heavy atom. The molecular formula is C18H25N5O4. The summed E-state index contributed by atoms with van der Waals surface area (Å²) in [4.78, 5) is 30.3. The van der Waals surface area contributed by atoms with Gasteiger partial charge in [-0.1, -0.05) is 0 Å². The molecule has 0 radical (unpaired) electrons. The highest BCUT2D eigenvalue weighted by Crippen LogP contribution is 2.27. The highest BCUT2D eigenvalue weighted by molar-refractivity contribution is 5.84. The maximum Gasteiger partial charge on any atom is 0.332 e. The average molecular weight is 375 g/mol. The van der Waals surface area contributed by atoms with Gasteiger partial charge in [0.15, 0.2) is 17.2 Å². The minimum atomic E-state index is -0.553. The molecule has 1 aromatic carbocycles. The van der Waals surface area contributed by atoms with E-state index in [0.29, 0.717) is 23.7 Å². The average Bonchev–Trinajstić information content (AvgIpc) is 2.64. The number of nitrogens with two attached hydrogens (primary N) is 1. The summed E-state index contributed by atoms with van der Waals surface area (Å²) >= 11 is 0. The van der Waals surface area contributed by atoms with Crippen LogP contribution in [-0.2, 0) is 14.1 Å². The quantitative estimate of drug-likeness (QED) is 0.701. The Balaban J connectivity index is 2.35. The number of hydrogen-bond donors (Lipinski definition) is 1. The van der Waals surface area contributed by atoms with Crippen LogP contribution in [0.25, 0.3) is 0 Å². The number of methoxy groups -OCH3 is 1. The fraction of sp³-hybridized carbons (Fsp3) is 0.389. The van der Waals surface area contributed by atoms with Crippen molar-refractivity contribution in [3.05, 3.63) is 44.6 Å². The van der Waals surface area contributed by atoms with Gasteiger partial charge in [0.1, 0.15) is 12.4 Å². The first-order chi connectivity index (χ1) is 12.8. The van der Waals surface area contributed by atoms with E-state index in [0.717, 1.165) is 11.1 Å². The van der Waals surface area contributed by atoms with Gasteiger partial charge in [-0.2, -0.15) is 0 Å². The molecule has 0 aliphatic carbocycles. The lowest BCUT2D eigenvalue weighted by Crippen LogP contribution is -2.37. The molecule has 1 aromatic heterocycles. The topological polar surface area (TPSA) is 104 Å². The van der Waals surface area contributed by atoms with Crippen LogP contribution >= 0.6 is 0 Å². The molecule has 27 heavy (non-hydrogen) atoms. The highest BCUT2D eigenvalue weighted by atomic mass is 16.5. The largest absolute Gasteiger partial charge is 0.493 e. The smallest absolute Gasteiger partial charge is 0.332 e. The van der Waals surface area contributed by atoms with Crippen LogP contribution in [-0.4, -0.2) is 54.6 Å². The summed E-state index contributed by atoms with van der Waals surface area (Å²) in [6.45, 7) is 1.25. The lowest BCUT2D eigenvalue weighted by atomic mass is 10.2. The SMILES string of the molecule is COc1ccc(C=Nc2c(N)n(C)c(=O)n(C)c2=O)cc1OCCN(C)C. The Bertz CT molecular complexity index is 959. The predicted octanol–water partition coefficient (Wildman–Crippen LogP) is 0.366. The molecule has 0 amide bonds. The van der Waals surface area contributed by atoms with Crippen LogP contribution in [0.15, 0.2) is 32.8 Å². The second-order valence-electron chi connectivity index (χ2n) is 6.26. The van der Waals surface area contributed by atoms with E-state index in [1.54, 1.807) is 25.3 Å². The van der Waals surface area contributed by atoms with Crippen molar-refractivity contribution in [1.82, 2.24) is 14.0 Å². The second kappa shape index (κ2) is 8.54. The Morgan fingerprint density at radius 1 is 1.19 bits per heavy atom. The minimum Gasteiger partial charge on any atom is -0.493 e. The van der Waals surface area contributed by atoms with Gasteiger partial charge in [-0.25, -0.2) is 9.79 Å². The molecule has 0 aliphatic rings. The molecule has 9 nitrogen and oxygen atoms in total. The zero-order valence-electron chi connectivity index (χ0n) is 16.2. The van der Waals surface area contributed by atoms with E-state index in [4.69, 9.17) is 15.2 Å². The molecule has 0 unspecified atom stereocenters. The number of rotatable bonds is 7. The Morgan fingerprint density at radius 2 is 1.89 bits per heavy atom. The zero-order chi connectivity index (χ0) is 20.1. The molecule has 0 saturated carbocycles. The lowest BCUT2D eigenvalue weighted by molar-refractivity contribution is 0.250. The van der Waals surface area contributed by atoms with Gasteiger partial charge in [-0.3, -0.25) is 13.9 Å². The van der Waals surface area contributed by atoms with E-state index in [1.165, 1.54) is 24.9 Å². The van der Waals surface area contributed by atoms with Crippen LogP contribution in [0.2, 0.25) is 0 Å². The molecule has 1 heterocycles. The van der Waals surface area contributed by atoms with Gasteiger partial charge in [0.05, 0.1) is 7.11 Å². The molecule has 2 aromatic rings. The number of aliphatic imine (C=N–C) groups is 1. The van der Waals surface area contributed by atoms with E-state index in [2.05, 4.69) is 4.99 Å². The summed E-state index contributed by atoms with van der Waals surface area (Å²) in [6.07, 6.45) is 1.50. The number of anilines is 1. The van der Waals surface area contributed by atoms with Crippen molar-refractivity contribution in [2.45, 2.75) is 0 Å². The molecule has 0 spiro atoms. The van der Waals surface area contributed by atoms with Crippen molar-refractivity contribution in [2.24, 2.45) is 19.1 Å². The third-order valence-electron chi connectivity index (χ3n) is 4.01. The fourth-order valence-electron chi connectivity index (χ4n) is 2.33. The third-order valence-corrected chi connectivity index (χ3v) is 4.01. The van der Waals surface area contributed by atoms with Crippen molar-refractivity contribution in [3.8, 4) is 11.5 Å². The van der Waals surface area contributed by atoms with E-state index in [1.807, 2.05) is 19.0 Å². The molecule has 0 saturated heterocycles. The first kappa shape index (κ1) is 20.2. The minimum absolute atomic E-state index is 0.00509. The van der Waals surface area contributed by atoms with Gasteiger partial charge in [0.25, 0.3) is 5.56 Å². The molecule has 0 aliphatic heterocycles. The maximum atomic E-state index is 12.3. The van der Waals surface area contributed by atoms with Crippen LogP contribution in [0.3, 0.4) is 0 Å². The Labute approximate surface area is 157 Å². The number of hydrogen-bond acceptors (Lipinski definition) is 7. The number of ether oxygens (including phenoxy) is 2. The van der Waals surface area contributed by atoms with Crippen LogP contribution in [0.4, 0.5) is 11.5 Å². The number of aromatic nitrogens is 2. The van der Waals surface area contributed by atoms with Crippen molar-refractivity contribution in [2.75, 3.05) is 40.1 Å². The summed E-state index contributed by atoms with van der Waals surface area (Å²) in [5, 5.41) is 0. The van der Waals surface area contributed by atoms with Crippen molar-refractivity contribution in [3.63, 3.8) is 0 Å². The lowest BCUT2D eigenvalue weighted by Gasteiger charge is -2.14. The first-order valence-corrected chi connectivity index (χ1v) is 8.31. The summed E-state index contributed by atoms with van der Waals surface area (Å²) in [5.41, 5.74) is 5.52. The predicted molar refractivity (Wildman–Crippen MR) is 106 cm³/mol. The first-order valence-electron chi connectivity index (χ1n) is 8.31. The van der Waals surface area contributed by atoms with Crippen LogP contribution in [0.1, 0.15) is 5.56 Å². The zero-order valence-corrected chi connectivity index (χ0v) is 16.2.